The Morgan fingerprint density at radius 3 is 2.75 bits per heavy atom. The fourth-order valence-corrected chi connectivity index (χ4v) is 3.48. The molecule has 2 heterocycles. The topological polar surface area (TPSA) is 50.4 Å². The minimum absolute atomic E-state index is 0.728. The second-order valence-electron chi connectivity index (χ2n) is 6.80. The van der Waals surface area contributed by atoms with Gasteiger partial charge in [-0.2, -0.15) is 0 Å². The van der Waals surface area contributed by atoms with Crippen LogP contribution in [0.15, 0.2) is 60.0 Å². The summed E-state index contributed by atoms with van der Waals surface area (Å²) in [6.07, 6.45) is 6.62. The number of imidazole rings is 1. The van der Waals surface area contributed by atoms with Crippen molar-refractivity contribution in [2.45, 2.75) is 19.5 Å². The Morgan fingerprint density at radius 1 is 1.29 bits per heavy atom. The van der Waals surface area contributed by atoms with Gasteiger partial charge in [-0.1, -0.05) is 41.9 Å². The summed E-state index contributed by atoms with van der Waals surface area (Å²) in [5.41, 5.74) is 2.40. The summed E-state index contributed by atoms with van der Waals surface area (Å²) in [7, 11) is 5.82. The van der Waals surface area contributed by atoms with E-state index in [0.717, 1.165) is 48.6 Å². The van der Waals surface area contributed by atoms with Gasteiger partial charge >= 0.3 is 0 Å². The zero-order valence-corrected chi connectivity index (χ0v) is 17.4. The van der Waals surface area contributed by atoms with Gasteiger partial charge in [-0.3, -0.25) is 4.99 Å². The van der Waals surface area contributed by atoms with Gasteiger partial charge in [-0.15, -0.1) is 0 Å². The van der Waals surface area contributed by atoms with Crippen molar-refractivity contribution in [3.05, 3.63) is 77.1 Å². The SMILES string of the molecule is CN=C(NCCc1nccn1Cc1ccccc1)N(C)Cc1cc(Cl)cn1C. The highest BCUT2D eigenvalue weighted by atomic mass is 35.5. The van der Waals surface area contributed by atoms with Crippen molar-refractivity contribution >= 4 is 17.6 Å². The average Bonchev–Trinajstić information content (AvgIpc) is 3.25. The van der Waals surface area contributed by atoms with E-state index in [1.165, 1.54) is 5.56 Å². The molecule has 0 aliphatic rings. The van der Waals surface area contributed by atoms with Crippen molar-refractivity contribution in [3.8, 4) is 0 Å². The van der Waals surface area contributed by atoms with E-state index in [1.807, 2.05) is 49.4 Å². The molecule has 2 aromatic heterocycles. The van der Waals surface area contributed by atoms with Crippen LogP contribution in [-0.4, -0.2) is 45.6 Å². The van der Waals surface area contributed by atoms with Crippen LogP contribution in [0.25, 0.3) is 0 Å². The number of aliphatic imine (C=N–C) groups is 1. The molecule has 148 valence electrons. The van der Waals surface area contributed by atoms with Crippen LogP contribution in [0.1, 0.15) is 17.1 Å². The van der Waals surface area contributed by atoms with E-state index < -0.39 is 0 Å². The summed E-state index contributed by atoms with van der Waals surface area (Å²) in [6, 6.07) is 12.4. The molecule has 0 amide bonds. The van der Waals surface area contributed by atoms with Crippen molar-refractivity contribution in [1.29, 1.82) is 0 Å². The van der Waals surface area contributed by atoms with Gasteiger partial charge < -0.3 is 19.4 Å². The van der Waals surface area contributed by atoms with E-state index in [-0.39, 0.29) is 0 Å². The molecule has 7 heteroatoms. The van der Waals surface area contributed by atoms with Gasteiger partial charge in [0.15, 0.2) is 5.96 Å². The van der Waals surface area contributed by atoms with E-state index in [9.17, 15) is 0 Å². The largest absolute Gasteiger partial charge is 0.356 e. The lowest BCUT2D eigenvalue weighted by atomic mass is 10.2. The Labute approximate surface area is 171 Å². The Kier molecular flexibility index (Phi) is 6.76. The van der Waals surface area contributed by atoms with Crippen LogP contribution < -0.4 is 5.32 Å². The lowest BCUT2D eigenvalue weighted by molar-refractivity contribution is 0.461. The molecule has 3 aromatic rings. The van der Waals surface area contributed by atoms with E-state index in [4.69, 9.17) is 11.6 Å². The van der Waals surface area contributed by atoms with Crippen LogP contribution in [0.4, 0.5) is 0 Å². The van der Waals surface area contributed by atoms with E-state index in [1.54, 1.807) is 7.05 Å². The van der Waals surface area contributed by atoms with Crippen LogP contribution in [0.3, 0.4) is 0 Å². The molecule has 0 saturated carbocycles. The molecule has 1 aromatic carbocycles. The minimum atomic E-state index is 0.728. The molecule has 0 fully saturated rings. The van der Waals surface area contributed by atoms with Crippen molar-refractivity contribution in [2.24, 2.45) is 12.0 Å². The van der Waals surface area contributed by atoms with Gasteiger partial charge in [0, 0.05) is 64.9 Å². The van der Waals surface area contributed by atoms with Crippen LogP contribution in [0.2, 0.25) is 5.02 Å². The number of halogens is 1. The van der Waals surface area contributed by atoms with Crippen LogP contribution >= 0.6 is 11.6 Å². The molecule has 1 N–H and O–H groups in total. The molecule has 0 spiro atoms. The molecule has 6 nitrogen and oxygen atoms in total. The molecular weight excluding hydrogens is 372 g/mol. The summed E-state index contributed by atoms with van der Waals surface area (Å²) in [6.45, 7) is 2.32. The number of nitrogens with zero attached hydrogens (tertiary/aromatic N) is 5. The Morgan fingerprint density at radius 2 is 2.07 bits per heavy atom. The number of aromatic nitrogens is 3. The number of guanidine groups is 1. The first kappa shape index (κ1) is 20.0. The molecule has 0 radical (unpaired) electrons. The second-order valence-corrected chi connectivity index (χ2v) is 7.23. The monoisotopic (exact) mass is 398 g/mol. The number of aryl methyl sites for hydroxylation is 1. The second kappa shape index (κ2) is 9.46. The molecular formula is C21H27ClN6. The zero-order valence-electron chi connectivity index (χ0n) is 16.6. The van der Waals surface area contributed by atoms with Gasteiger partial charge in [0.2, 0.25) is 0 Å². The molecule has 3 rings (SSSR count). The molecule has 0 atom stereocenters. The van der Waals surface area contributed by atoms with Crippen molar-refractivity contribution in [1.82, 2.24) is 24.3 Å². The average molecular weight is 399 g/mol. The van der Waals surface area contributed by atoms with Crippen LogP contribution in [0.5, 0.6) is 0 Å². The molecule has 0 aliphatic carbocycles. The number of benzene rings is 1. The summed E-state index contributed by atoms with van der Waals surface area (Å²) in [4.78, 5) is 11.0. The highest BCUT2D eigenvalue weighted by molar-refractivity contribution is 6.30. The van der Waals surface area contributed by atoms with Crippen molar-refractivity contribution in [3.63, 3.8) is 0 Å². The Balaban J connectivity index is 1.54. The predicted octanol–water partition coefficient (Wildman–Crippen LogP) is 3.17. The fourth-order valence-electron chi connectivity index (χ4n) is 3.20. The van der Waals surface area contributed by atoms with Gasteiger partial charge in [0.05, 0.1) is 11.6 Å². The standard InChI is InChI=1S/C21H27ClN6/c1-23-21(27(3)16-19-13-18(22)15-26(19)2)25-10-9-20-24-11-12-28(20)14-17-7-5-4-6-8-17/h4-8,11-13,15H,9-10,14,16H2,1-3H3,(H,23,25). The predicted molar refractivity (Wildman–Crippen MR) is 115 cm³/mol. The Bertz CT molecular complexity index is 912. The highest BCUT2D eigenvalue weighted by Gasteiger charge is 2.10. The minimum Gasteiger partial charge on any atom is -0.356 e. The maximum Gasteiger partial charge on any atom is 0.193 e. The first-order chi connectivity index (χ1) is 13.6. The van der Waals surface area contributed by atoms with Gasteiger partial charge in [-0.05, 0) is 11.6 Å². The van der Waals surface area contributed by atoms with Crippen molar-refractivity contribution in [2.75, 3.05) is 20.6 Å². The zero-order chi connectivity index (χ0) is 19.9. The Hall–Kier alpha value is -2.73. The summed E-state index contributed by atoms with van der Waals surface area (Å²) < 4.78 is 4.22. The molecule has 28 heavy (non-hydrogen) atoms. The first-order valence-corrected chi connectivity index (χ1v) is 9.71. The lowest BCUT2D eigenvalue weighted by Gasteiger charge is -2.22. The first-order valence-electron chi connectivity index (χ1n) is 9.33. The van der Waals surface area contributed by atoms with Gasteiger partial charge in [0.25, 0.3) is 0 Å². The fraction of sp³-hybridized carbons (Fsp3) is 0.333. The lowest BCUT2D eigenvalue weighted by Crippen LogP contribution is -2.39. The quantitative estimate of drug-likeness (QED) is 0.491. The smallest absolute Gasteiger partial charge is 0.193 e. The third-order valence-electron chi connectivity index (χ3n) is 4.68. The highest BCUT2D eigenvalue weighted by Crippen LogP contribution is 2.14. The number of hydrogen-bond donors (Lipinski definition) is 1. The van der Waals surface area contributed by atoms with E-state index in [0.29, 0.717) is 0 Å². The summed E-state index contributed by atoms with van der Waals surface area (Å²) >= 11 is 6.08. The third kappa shape index (κ3) is 5.16. The van der Waals surface area contributed by atoms with Gasteiger partial charge in [-0.25, -0.2) is 4.98 Å². The number of nitrogens with one attached hydrogen (secondary N) is 1. The molecule has 0 aliphatic heterocycles. The normalized spacial score (nSPS) is 11.6. The van der Waals surface area contributed by atoms with Crippen molar-refractivity contribution < 1.29 is 0 Å². The van der Waals surface area contributed by atoms with E-state index >= 15 is 0 Å². The maximum absolute atomic E-state index is 6.08. The van der Waals surface area contributed by atoms with E-state index in [2.05, 4.69) is 49.0 Å². The summed E-state index contributed by atoms with van der Waals surface area (Å²) in [5.74, 6) is 1.90. The molecule has 0 bridgehead atoms. The third-order valence-corrected chi connectivity index (χ3v) is 4.88. The molecule has 0 saturated heterocycles. The molecule has 0 unspecified atom stereocenters. The van der Waals surface area contributed by atoms with Crippen LogP contribution in [-0.2, 0) is 26.6 Å². The number of rotatable bonds is 7. The van der Waals surface area contributed by atoms with Crippen LogP contribution in [0, 0.1) is 0 Å². The number of hydrogen-bond acceptors (Lipinski definition) is 2. The maximum atomic E-state index is 6.08. The van der Waals surface area contributed by atoms with Gasteiger partial charge in [0.1, 0.15) is 5.82 Å². The summed E-state index contributed by atoms with van der Waals surface area (Å²) in [5, 5.41) is 4.17.